The molecule has 6 nitrogen and oxygen atoms in total. The number of amides is 1. The van der Waals surface area contributed by atoms with Gasteiger partial charge in [0.2, 0.25) is 0 Å². The van der Waals surface area contributed by atoms with E-state index in [9.17, 15) is 13.6 Å². The second kappa shape index (κ2) is 5.93. The molecular weight excluding hydrogens is 292 g/mol. The Morgan fingerprint density at radius 1 is 1.45 bits per heavy atom. The molecule has 1 amide bonds. The summed E-state index contributed by atoms with van der Waals surface area (Å²) in [6, 6.07) is 1.51. The van der Waals surface area contributed by atoms with Gasteiger partial charge in [-0.1, -0.05) is 16.8 Å². The zero-order chi connectivity index (χ0) is 14.7. The maximum absolute atomic E-state index is 13.5. The quantitative estimate of drug-likeness (QED) is 0.894. The zero-order valence-electron chi connectivity index (χ0n) is 10.1. The number of benzene rings is 1. The molecule has 0 radical (unpaired) electrons. The van der Waals surface area contributed by atoms with Gasteiger partial charge in [0.15, 0.2) is 11.5 Å². The molecule has 0 unspecified atom stereocenters. The van der Waals surface area contributed by atoms with Crippen LogP contribution >= 0.6 is 11.6 Å². The van der Waals surface area contributed by atoms with Crippen LogP contribution in [0, 0.1) is 11.6 Å². The van der Waals surface area contributed by atoms with Crippen LogP contribution in [0.25, 0.3) is 0 Å². The highest BCUT2D eigenvalue weighted by atomic mass is 35.5. The lowest BCUT2D eigenvalue weighted by atomic mass is 10.3. The predicted molar refractivity (Wildman–Crippen MR) is 68.4 cm³/mol. The van der Waals surface area contributed by atoms with E-state index < -0.39 is 17.5 Å². The zero-order valence-corrected chi connectivity index (χ0v) is 10.9. The Hall–Kier alpha value is -2.06. The van der Waals surface area contributed by atoms with E-state index in [1.165, 1.54) is 10.9 Å². The molecule has 2 rings (SSSR count). The van der Waals surface area contributed by atoms with Gasteiger partial charge in [-0.05, 0) is 6.07 Å². The minimum atomic E-state index is -0.974. The molecule has 106 valence electrons. The average Bonchev–Trinajstić information content (AvgIpc) is 2.82. The van der Waals surface area contributed by atoms with Crippen molar-refractivity contribution >= 4 is 23.2 Å². The summed E-state index contributed by atoms with van der Waals surface area (Å²) in [4.78, 5) is 11.8. The van der Waals surface area contributed by atoms with E-state index in [1.807, 2.05) is 0 Å². The first kappa shape index (κ1) is 14.4. The van der Waals surface area contributed by atoms with E-state index in [2.05, 4.69) is 15.6 Å². The Labute approximate surface area is 117 Å². The molecule has 1 aromatic heterocycles. The first-order valence-electron chi connectivity index (χ1n) is 5.57. The highest BCUT2D eigenvalue weighted by Gasteiger charge is 2.16. The Balaban J connectivity index is 2.19. The van der Waals surface area contributed by atoms with Crippen molar-refractivity contribution < 1.29 is 13.6 Å². The minimum absolute atomic E-state index is 0.0294. The van der Waals surface area contributed by atoms with Gasteiger partial charge in [0.05, 0.1) is 23.5 Å². The number of nitrogens with two attached hydrogens (primary N) is 1. The van der Waals surface area contributed by atoms with Gasteiger partial charge < -0.3 is 11.1 Å². The van der Waals surface area contributed by atoms with Gasteiger partial charge in [0, 0.05) is 12.6 Å². The van der Waals surface area contributed by atoms with E-state index in [4.69, 9.17) is 17.3 Å². The number of anilines is 1. The SMILES string of the molecule is NCCn1cc(C(=O)Nc2c(F)cc(F)cc2Cl)nn1. The molecule has 0 saturated heterocycles. The van der Waals surface area contributed by atoms with Crippen molar-refractivity contribution in [3.63, 3.8) is 0 Å². The molecular formula is C11H10ClF2N5O. The second-order valence-electron chi connectivity index (χ2n) is 3.85. The second-order valence-corrected chi connectivity index (χ2v) is 4.26. The van der Waals surface area contributed by atoms with Crippen molar-refractivity contribution in [2.24, 2.45) is 5.73 Å². The number of halogens is 3. The Bertz CT molecular complexity index is 622. The summed E-state index contributed by atoms with van der Waals surface area (Å²) in [5, 5.41) is 9.25. The first-order valence-corrected chi connectivity index (χ1v) is 5.95. The molecule has 1 aromatic carbocycles. The Morgan fingerprint density at radius 2 is 2.20 bits per heavy atom. The topological polar surface area (TPSA) is 85.8 Å². The van der Waals surface area contributed by atoms with Crippen LogP contribution in [0.3, 0.4) is 0 Å². The lowest BCUT2D eigenvalue weighted by molar-refractivity contribution is 0.102. The maximum atomic E-state index is 13.5. The van der Waals surface area contributed by atoms with E-state index in [-0.39, 0.29) is 16.4 Å². The van der Waals surface area contributed by atoms with Crippen molar-refractivity contribution in [3.8, 4) is 0 Å². The van der Waals surface area contributed by atoms with Crippen LogP contribution in [0.5, 0.6) is 0 Å². The summed E-state index contributed by atoms with van der Waals surface area (Å²) < 4.78 is 27.8. The molecule has 0 aliphatic heterocycles. The summed E-state index contributed by atoms with van der Waals surface area (Å²) in [7, 11) is 0. The third-order valence-corrected chi connectivity index (χ3v) is 2.67. The molecule has 2 aromatic rings. The Morgan fingerprint density at radius 3 is 2.85 bits per heavy atom. The van der Waals surface area contributed by atoms with Gasteiger partial charge in [0.25, 0.3) is 5.91 Å². The smallest absolute Gasteiger partial charge is 0.277 e. The summed E-state index contributed by atoms with van der Waals surface area (Å²) in [5.74, 6) is -2.52. The van der Waals surface area contributed by atoms with Crippen LogP contribution < -0.4 is 11.1 Å². The van der Waals surface area contributed by atoms with Gasteiger partial charge >= 0.3 is 0 Å². The number of aromatic nitrogens is 3. The molecule has 0 aliphatic rings. The number of carbonyl (C=O) groups is 1. The number of nitrogens with zero attached hydrogens (tertiary/aromatic N) is 3. The van der Waals surface area contributed by atoms with Crippen molar-refractivity contribution in [2.75, 3.05) is 11.9 Å². The maximum Gasteiger partial charge on any atom is 0.277 e. The molecule has 0 fully saturated rings. The van der Waals surface area contributed by atoms with Gasteiger partial charge in [-0.2, -0.15) is 0 Å². The van der Waals surface area contributed by atoms with Gasteiger partial charge in [-0.25, -0.2) is 8.78 Å². The summed E-state index contributed by atoms with van der Waals surface area (Å²) >= 11 is 5.67. The normalized spacial score (nSPS) is 10.6. The van der Waals surface area contributed by atoms with E-state index >= 15 is 0 Å². The number of rotatable bonds is 4. The molecule has 0 saturated carbocycles. The van der Waals surface area contributed by atoms with Crippen LogP contribution in [0.2, 0.25) is 5.02 Å². The largest absolute Gasteiger partial charge is 0.329 e. The van der Waals surface area contributed by atoms with E-state index in [0.29, 0.717) is 19.2 Å². The molecule has 9 heteroatoms. The van der Waals surface area contributed by atoms with Gasteiger partial charge in [-0.3, -0.25) is 9.48 Å². The van der Waals surface area contributed by atoms with Crippen molar-refractivity contribution in [1.29, 1.82) is 0 Å². The number of hydrogen-bond acceptors (Lipinski definition) is 4. The Kier molecular flexibility index (Phi) is 4.26. The molecule has 0 atom stereocenters. The summed E-state index contributed by atoms with van der Waals surface area (Å²) in [6.07, 6.45) is 1.36. The molecule has 0 aliphatic carbocycles. The molecule has 1 heterocycles. The fourth-order valence-electron chi connectivity index (χ4n) is 1.48. The van der Waals surface area contributed by atoms with Gasteiger partial charge in [0.1, 0.15) is 5.82 Å². The highest BCUT2D eigenvalue weighted by molar-refractivity contribution is 6.33. The van der Waals surface area contributed by atoms with Crippen LogP contribution in [0.4, 0.5) is 14.5 Å². The fraction of sp³-hybridized carbons (Fsp3) is 0.182. The van der Waals surface area contributed by atoms with E-state index in [0.717, 1.165) is 6.07 Å². The standard InChI is InChI=1S/C11H10ClF2N5O/c12-7-3-6(13)4-8(14)10(7)16-11(20)9-5-19(2-1-15)18-17-9/h3-5H,1-2,15H2,(H,16,20). The lowest BCUT2D eigenvalue weighted by Gasteiger charge is -2.06. The average molecular weight is 302 g/mol. The van der Waals surface area contributed by atoms with Crippen LogP contribution in [0.1, 0.15) is 10.5 Å². The summed E-state index contributed by atoms with van der Waals surface area (Å²) in [5.41, 5.74) is 4.99. The van der Waals surface area contributed by atoms with Crippen molar-refractivity contribution in [1.82, 2.24) is 15.0 Å². The van der Waals surface area contributed by atoms with Crippen LogP contribution in [0.15, 0.2) is 18.3 Å². The lowest BCUT2D eigenvalue weighted by Crippen LogP contribution is -2.14. The number of carbonyl (C=O) groups excluding carboxylic acids is 1. The number of hydrogen-bond donors (Lipinski definition) is 2. The predicted octanol–water partition coefficient (Wildman–Crippen LogP) is 1.42. The molecule has 0 spiro atoms. The van der Waals surface area contributed by atoms with Crippen molar-refractivity contribution in [2.45, 2.75) is 6.54 Å². The first-order chi connectivity index (χ1) is 9.51. The number of nitrogens with one attached hydrogen (secondary N) is 1. The molecule has 0 bridgehead atoms. The third kappa shape index (κ3) is 3.09. The monoisotopic (exact) mass is 301 g/mol. The molecule has 3 N–H and O–H groups in total. The minimum Gasteiger partial charge on any atom is -0.329 e. The van der Waals surface area contributed by atoms with Gasteiger partial charge in [-0.15, -0.1) is 5.10 Å². The highest BCUT2D eigenvalue weighted by Crippen LogP contribution is 2.26. The summed E-state index contributed by atoms with van der Waals surface area (Å²) in [6.45, 7) is 0.731. The molecule has 20 heavy (non-hydrogen) atoms. The van der Waals surface area contributed by atoms with E-state index in [1.54, 1.807) is 0 Å². The van der Waals surface area contributed by atoms with Crippen LogP contribution in [-0.2, 0) is 6.54 Å². The van der Waals surface area contributed by atoms with Crippen LogP contribution in [-0.4, -0.2) is 27.4 Å². The third-order valence-electron chi connectivity index (χ3n) is 2.37. The fourth-order valence-corrected chi connectivity index (χ4v) is 1.72. The van der Waals surface area contributed by atoms with Crippen molar-refractivity contribution in [3.05, 3.63) is 40.7 Å².